The Hall–Kier alpha value is -4.53. The maximum absolute atomic E-state index is 13.3. The highest BCUT2D eigenvalue weighted by Gasteiger charge is 2.36. The fourth-order valence-corrected chi connectivity index (χ4v) is 4.63. The third-order valence-electron chi connectivity index (χ3n) is 6.87. The Morgan fingerprint density at radius 3 is 2.44 bits per heavy atom. The van der Waals surface area contributed by atoms with Crippen molar-refractivity contribution in [1.82, 2.24) is 20.4 Å². The zero-order valence-electron chi connectivity index (χ0n) is 23.0. The van der Waals surface area contributed by atoms with E-state index in [0.717, 1.165) is 11.1 Å². The number of nitrogens with zero attached hydrogens (tertiary/aromatic N) is 4. The Morgan fingerprint density at radius 1 is 1.12 bits per heavy atom. The minimum atomic E-state index is -1.29. The number of nitriles is 1. The summed E-state index contributed by atoms with van der Waals surface area (Å²) in [5.74, 6) is 0.282. The lowest BCUT2D eigenvalue weighted by Gasteiger charge is -2.33. The summed E-state index contributed by atoms with van der Waals surface area (Å²) < 4.78 is 36.4. The Bertz CT molecular complexity index is 1460. The molecule has 0 saturated heterocycles. The van der Waals surface area contributed by atoms with Crippen LogP contribution in [-0.4, -0.2) is 70.7 Å². The highest BCUT2D eigenvalue weighted by molar-refractivity contribution is 5.86. The average Bonchev–Trinajstić information content (AvgIpc) is 3.34. The van der Waals surface area contributed by atoms with E-state index in [1.54, 1.807) is 11.0 Å². The fourth-order valence-electron chi connectivity index (χ4n) is 4.63. The van der Waals surface area contributed by atoms with E-state index in [0.29, 0.717) is 42.9 Å². The number of rotatable bonds is 8. The largest absolute Gasteiger partial charge is 0.484 e. The predicted molar refractivity (Wildman–Crippen MR) is 145 cm³/mol. The molecular formula is C29H31F2N5O5. The van der Waals surface area contributed by atoms with Crippen molar-refractivity contribution in [2.45, 2.75) is 45.8 Å². The fraction of sp³-hybridized carbons (Fsp3) is 0.414. The van der Waals surface area contributed by atoms with E-state index in [4.69, 9.17) is 9.26 Å². The van der Waals surface area contributed by atoms with Crippen molar-refractivity contribution in [2.75, 3.05) is 26.4 Å². The van der Waals surface area contributed by atoms with Crippen molar-refractivity contribution in [1.29, 1.82) is 5.26 Å². The predicted octanol–water partition coefficient (Wildman–Crippen LogP) is 4.57. The standard InChI is InChI=1S/C29H31F2N5O5/c1-29(2,3)24(33-28(38)39)27(37)36-10-8-17-4-5-19(12-18(17)9-11-36)25-34-26(41-35-25)20-6-7-23(21(13-20)16-32)40-22(14-30)15-31/h4-7,12-13,22,24,33H,8-11,14-15H2,1-3H3,(H,38,39). The second-order valence-corrected chi connectivity index (χ2v) is 10.9. The number of ether oxygens (including phenoxy) is 1. The number of amides is 2. The van der Waals surface area contributed by atoms with E-state index in [1.807, 2.05) is 45.0 Å². The van der Waals surface area contributed by atoms with Crippen LogP contribution in [0.3, 0.4) is 0 Å². The second-order valence-electron chi connectivity index (χ2n) is 10.9. The molecule has 1 aromatic heterocycles. The Morgan fingerprint density at radius 2 is 1.80 bits per heavy atom. The molecule has 0 spiro atoms. The van der Waals surface area contributed by atoms with Gasteiger partial charge in [0, 0.05) is 24.2 Å². The summed E-state index contributed by atoms with van der Waals surface area (Å²) >= 11 is 0. The quantitative estimate of drug-likeness (QED) is 0.403. The van der Waals surface area contributed by atoms with Crippen LogP contribution < -0.4 is 10.1 Å². The second kappa shape index (κ2) is 12.3. The van der Waals surface area contributed by atoms with E-state index in [-0.39, 0.29) is 23.1 Å². The number of fused-ring (bicyclic) bond motifs is 1. The van der Waals surface area contributed by atoms with Crippen molar-refractivity contribution < 1.29 is 32.7 Å². The molecule has 0 saturated carbocycles. The first-order valence-corrected chi connectivity index (χ1v) is 13.1. The summed E-state index contributed by atoms with van der Waals surface area (Å²) in [6, 6.07) is 11.3. The first-order chi connectivity index (χ1) is 19.5. The Balaban J connectivity index is 1.51. The molecule has 4 rings (SSSR count). The van der Waals surface area contributed by atoms with Crippen molar-refractivity contribution in [3.8, 4) is 34.7 Å². The van der Waals surface area contributed by atoms with Crippen molar-refractivity contribution in [3.63, 3.8) is 0 Å². The van der Waals surface area contributed by atoms with Gasteiger partial charge in [-0.25, -0.2) is 13.6 Å². The molecule has 216 valence electrons. The lowest BCUT2D eigenvalue weighted by atomic mass is 9.86. The summed E-state index contributed by atoms with van der Waals surface area (Å²) in [6.07, 6.45) is -1.35. The number of aromatic nitrogens is 2. The molecule has 41 heavy (non-hydrogen) atoms. The molecule has 2 amide bonds. The monoisotopic (exact) mass is 567 g/mol. The van der Waals surface area contributed by atoms with Gasteiger partial charge in [0.15, 0.2) is 6.10 Å². The van der Waals surface area contributed by atoms with E-state index >= 15 is 0 Å². The Labute approximate surface area is 235 Å². The molecule has 2 aromatic carbocycles. The van der Waals surface area contributed by atoms with Gasteiger partial charge in [0.1, 0.15) is 31.2 Å². The molecular weight excluding hydrogens is 536 g/mol. The number of halogens is 2. The lowest BCUT2D eigenvalue weighted by Crippen LogP contribution is -2.54. The summed E-state index contributed by atoms with van der Waals surface area (Å²) in [7, 11) is 0. The third kappa shape index (κ3) is 6.80. The molecule has 3 aromatic rings. The number of hydrogen-bond acceptors (Lipinski definition) is 7. The van der Waals surface area contributed by atoms with Gasteiger partial charge < -0.3 is 24.6 Å². The van der Waals surface area contributed by atoms with Crippen LogP contribution in [0.5, 0.6) is 5.75 Å². The van der Waals surface area contributed by atoms with Gasteiger partial charge in [0.05, 0.1) is 5.56 Å². The van der Waals surface area contributed by atoms with Crippen LogP contribution in [-0.2, 0) is 17.6 Å². The number of alkyl halides is 2. The third-order valence-corrected chi connectivity index (χ3v) is 6.87. The minimum Gasteiger partial charge on any atom is -0.484 e. The number of hydrogen-bond donors (Lipinski definition) is 2. The SMILES string of the molecule is CC(C)(C)C(NC(=O)O)C(=O)N1CCc2ccc(-c3noc(-c4ccc(OC(CF)CF)c(C#N)c4)n3)cc2CC1. The number of nitrogens with one attached hydrogen (secondary N) is 1. The molecule has 1 aliphatic heterocycles. The van der Waals surface area contributed by atoms with E-state index in [2.05, 4.69) is 15.5 Å². The molecule has 12 heteroatoms. The van der Waals surface area contributed by atoms with E-state index in [1.165, 1.54) is 12.1 Å². The van der Waals surface area contributed by atoms with Gasteiger partial charge in [-0.05, 0) is 53.6 Å². The highest BCUT2D eigenvalue weighted by atomic mass is 19.1. The van der Waals surface area contributed by atoms with Crippen LogP contribution in [0.2, 0.25) is 0 Å². The average molecular weight is 568 g/mol. The lowest BCUT2D eigenvalue weighted by molar-refractivity contribution is -0.135. The summed E-state index contributed by atoms with van der Waals surface area (Å²) in [6.45, 7) is 4.31. The maximum atomic E-state index is 13.3. The van der Waals surface area contributed by atoms with Gasteiger partial charge in [-0.1, -0.05) is 38.1 Å². The van der Waals surface area contributed by atoms with Gasteiger partial charge >= 0.3 is 6.09 Å². The molecule has 0 aliphatic carbocycles. The summed E-state index contributed by atoms with van der Waals surface area (Å²) in [5.41, 5.74) is 2.71. The van der Waals surface area contributed by atoms with Crippen molar-refractivity contribution in [3.05, 3.63) is 53.1 Å². The van der Waals surface area contributed by atoms with Gasteiger partial charge in [-0.15, -0.1) is 0 Å². The molecule has 10 nitrogen and oxygen atoms in total. The number of benzene rings is 2. The van der Waals surface area contributed by atoms with Crippen LogP contribution in [0.15, 0.2) is 40.9 Å². The summed E-state index contributed by atoms with van der Waals surface area (Å²) in [5, 5.41) is 25.2. The number of carboxylic acid groups (broad SMARTS) is 1. The molecule has 2 N–H and O–H groups in total. The smallest absolute Gasteiger partial charge is 0.405 e. The van der Waals surface area contributed by atoms with Gasteiger partial charge in [0.2, 0.25) is 11.7 Å². The van der Waals surface area contributed by atoms with Crippen molar-refractivity contribution in [2.24, 2.45) is 5.41 Å². The van der Waals surface area contributed by atoms with Crippen LogP contribution in [0.4, 0.5) is 13.6 Å². The first kappa shape index (κ1) is 29.5. The topological polar surface area (TPSA) is 142 Å². The molecule has 0 radical (unpaired) electrons. The molecule has 1 unspecified atom stereocenters. The van der Waals surface area contributed by atoms with Crippen LogP contribution in [0, 0.1) is 16.7 Å². The van der Waals surface area contributed by atoms with Crippen molar-refractivity contribution >= 4 is 12.0 Å². The highest BCUT2D eigenvalue weighted by Crippen LogP contribution is 2.30. The molecule has 0 bridgehead atoms. The van der Waals surface area contributed by atoms with Crippen LogP contribution >= 0.6 is 0 Å². The summed E-state index contributed by atoms with van der Waals surface area (Å²) in [4.78, 5) is 30.7. The normalized spacial score (nSPS) is 14.1. The molecule has 1 atom stereocenters. The van der Waals surface area contributed by atoms with Crippen LogP contribution in [0.1, 0.15) is 37.5 Å². The molecule has 2 heterocycles. The number of carbonyl (C=O) groups is 2. The van der Waals surface area contributed by atoms with Gasteiger partial charge in [0.25, 0.3) is 5.89 Å². The Kier molecular flexibility index (Phi) is 8.86. The van der Waals surface area contributed by atoms with Gasteiger partial charge in [-0.2, -0.15) is 10.2 Å². The van der Waals surface area contributed by atoms with Gasteiger partial charge in [-0.3, -0.25) is 4.79 Å². The van der Waals surface area contributed by atoms with E-state index < -0.39 is 37.0 Å². The van der Waals surface area contributed by atoms with E-state index in [9.17, 15) is 28.7 Å². The molecule has 1 aliphatic rings. The zero-order valence-corrected chi connectivity index (χ0v) is 23.0. The minimum absolute atomic E-state index is 0.0575. The molecule has 0 fully saturated rings. The zero-order chi connectivity index (χ0) is 29.7. The maximum Gasteiger partial charge on any atom is 0.405 e. The first-order valence-electron chi connectivity index (χ1n) is 13.1. The number of carbonyl (C=O) groups excluding carboxylic acids is 1. The van der Waals surface area contributed by atoms with Crippen LogP contribution in [0.25, 0.3) is 22.8 Å².